The Labute approximate surface area is 93.0 Å². The smallest absolute Gasteiger partial charge is 0.0474 e. The van der Waals surface area contributed by atoms with E-state index in [9.17, 15) is 0 Å². The van der Waals surface area contributed by atoms with Crippen molar-refractivity contribution in [2.45, 2.75) is 24.9 Å². The molecule has 0 spiro atoms. The number of rotatable bonds is 1. The van der Waals surface area contributed by atoms with Gasteiger partial charge in [0.15, 0.2) is 0 Å². The first-order chi connectivity index (χ1) is 6.77. The highest BCUT2D eigenvalue weighted by atomic mass is 79.9. The third-order valence-electron chi connectivity index (χ3n) is 2.71. The van der Waals surface area contributed by atoms with Crippen LogP contribution in [0, 0.1) is 0 Å². The van der Waals surface area contributed by atoms with E-state index in [1.165, 1.54) is 12.0 Å². The van der Waals surface area contributed by atoms with Gasteiger partial charge in [-0.2, -0.15) is 0 Å². The minimum absolute atomic E-state index is 0.248. The number of halogens is 1. The summed E-state index contributed by atoms with van der Waals surface area (Å²) in [6.45, 7) is 1.07. The monoisotopic (exact) mass is 254 g/mol. The summed E-state index contributed by atoms with van der Waals surface area (Å²) < 4.78 is 1.12. The second kappa shape index (κ2) is 4.43. The molecule has 2 nitrogen and oxygen atoms in total. The average molecular weight is 255 g/mol. The van der Waals surface area contributed by atoms with E-state index >= 15 is 0 Å². The zero-order valence-electron chi connectivity index (χ0n) is 8.04. The molecule has 1 aromatic rings. The van der Waals surface area contributed by atoms with Crippen molar-refractivity contribution in [1.82, 2.24) is 5.32 Å². The van der Waals surface area contributed by atoms with Crippen molar-refractivity contribution in [2.75, 3.05) is 6.54 Å². The fourth-order valence-electron chi connectivity index (χ4n) is 1.98. The summed E-state index contributed by atoms with van der Waals surface area (Å²) in [6, 6.07) is 8.94. The van der Waals surface area contributed by atoms with Crippen LogP contribution in [-0.4, -0.2) is 12.6 Å². The maximum Gasteiger partial charge on any atom is 0.0474 e. The second-order valence-corrected chi connectivity index (χ2v) is 4.71. The summed E-state index contributed by atoms with van der Waals surface area (Å²) in [5.74, 6) is 0. The molecule has 1 saturated heterocycles. The minimum Gasteiger partial charge on any atom is -0.326 e. The lowest BCUT2D eigenvalue weighted by atomic mass is 9.93. The average Bonchev–Trinajstić information content (AvgIpc) is 2.18. The van der Waals surface area contributed by atoms with Crippen LogP contribution in [0.2, 0.25) is 0 Å². The van der Waals surface area contributed by atoms with Crippen LogP contribution in [0.3, 0.4) is 0 Å². The van der Waals surface area contributed by atoms with Crippen molar-refractivity contribution in [3.05, 3.63) is 34.3 Å². The third-order valence-corrected chi connectivity index (χ3v) is 3.21. The van der Waals surface area contributed by atoms with Crippen LogP contribution in [0.1, 0.15) is 24.4 Å². The molecule has 0 radical (unpaired) electrons. The molecular weight excluding hydrogens is 240 g/mol. The third kappa shape index (κ3) is 2.16. The van der Waals surface area contributed by atoms with Crippen LogP contribution < -0.4 is 11.1 Å². The van der Waals surface area contributed by atoms with Crippen LogP contribution in [-0.2, 0) is 0 Å². The number of nitrogens with one attached hydrogen (secondary N) is 1. The summed E-state index contributed by atoms with van der Waals surface area (Å²) in [5.41, 5.74) is 7.37. The molecule has 0 unspecified atom stereocenters. The molecule has 2 atom stereocenters. The first kappa shape index (κ1) is 10.1. The minimum atomic E-state index is 0.248. The SMILES string of the molecule is N[C@@H]1CCCN[C@@H]1c1cccc(Br)c1. The maximum atomic E-state index is 6.08. The molecule has 1 aromatic carbocycles. The zero-order valence-corrected chi connectivity index (χ0v) is 9.63. The molecule has 0 saturated carbocycles. The Morgan fingerprint density at radius 2 is 2.29 bits per heavy atom. The highest BCUT2D eigenvalue weighted by Gasteiger charge is 2.22. The topological polar surface area (TPSA) is 38.0 Å². The van der Waals surface area contributed by atoms with Crippen molar-refractivity contribution >= 4 is 15.9 Å². The summed E-state index contributed by atoms with van der Waals surface area (Å²) in [5, 5.41) is 3.47. The van der Waals surface area contributed by atoms with Gasteiger partial charge >= 0.3 is 0 Å². The molecule has 2 rings (SSSR count). The van der Waals surface area contributed by atoms with Gasteiger partial charge in [0.05, 0.1) is 0 Å². The van der Waals surface area contributed by atoms with Gasteiger partial charge in [-0.15, -0.1) is 0 Å². The Balaban J connectivity index is 2.20. The second-order valence-electron chi connectivity index (χ2n) is 3.79. The van der Waals surface area contributed by atoms with E-state index in [1.807, 2.05) is 6.07 Å². The normalized spacial score (nSPS) is 27.6. The van der Waals surface area contributed by atoms with Crippen molar-refractivity contribution in [1.29, 1.82) is 0 Å². The number of hydrogen-bond acceptors (Lipinski definition) is 2. The van der Waals surface area contributed by atoms with Gasteiger partial charge in [0.25, 0.3) is 0 Å². The molecular formula is C11H15BrN2. The van der Waals surface area contributed by atoms with Crippen LogP contribution in [0.4, 0.5) is 0 Å². The summed E-state index contributed by atoms with van der Waals surface area (Å²) >= 11 is 3.48. The quantitative estimate of drug-likeness (QED) is 0.807. The molecule has 3 heteroatoms. The van der Waals surface area contributed by atoms with E-state index < -0.39 is 0 Å². The fraction of sp³-hybridized carbons (Fsp3) is 0.455. The fourth-order valence-corrected chi connectivity index (χ4v) is 2.40. The number of benzene rings is 1. The number of nitrogens with two attached hydrogens (primary N) is 1. The van der Waals surface area contributed by atoms with E-state index in [0.717, 1.165) is 17.4 Å². The Morgan fingerprint density at radius 3 is 3.00 bits per heavy atom. The van der Waals surface area contributed by atoms with Gasteiger partial charge in [-0.25, -0.2) is 0 Å². The van der Waals surface area contributed by atoms with E-state index in [0.29, 0.717) is 6.04 Å². The van der Waals surface area contributed by atoms with Crippen LogP contribution in [0.25, 0.3) is 0 Å². The summed E-state index contributed by atoms with van der Waals surface area (Å²) in [4.78, 5) is 0. The van der Waals surface area contributed by atoms with Gasteiger partial charge in [-0.1, -0.05) is 28.1 Å². The molecule has 1 aliphatic rings. The van der Waals surface area contributed by atoms with Crippen LogP contribution in [0.15, 0.2) is 28.7 Å². The molecule has 0 aromatic heterocycles. The van der Waals surface area contributed by atoms with E-state index in [1.54, 1.807) is 0 Å². The molecule has 0 amide bonds. The first-order valence-electron chi connectivity index (χ1n) is 5.02. The van der Waals surface area contributed by atoms with Gasteiger partial charge in [0, 0.05) is 16.6 Å². The van der Waals surface area contributed by atoms with E-state index in [-0.39, 0.29) is 6.04 Å². The van der Waals surface area contributed by atoms with Crippen molar-refractivity contribution < 1.29 is 0 Å². The lowest BCUT2D eigenvalue weighted by Crippen LogP contribution is -2.42. The molecule has 0 bridgehead atoms. The summed E-state index contributed by atoms with van der Waals surface area (Å²) in [7, 11) is 0. The lowest BCUT2D eigenvalue weighted by Gasteiger charge is -2.30. The molecule has 1 aliphatic heterocycles. The van der Waals surface area contributed by atoms with Crippen molar-refractivity contribution in [3.8, 4) is 0 Å². The number of piperidine rings is 1. The Bertz CT molecular complexity index is 314. The summed E-state index contributed by atoms with van der Waals surface area (Å²) in [6.07, 6.45) is 2.30. The van der Waals surface area contributed by atoms with E-state index in [2.05, 4.69) is 39.4 Å². The Hall–Kier alpha value is -0.380. The molecule has 3 N–H and O–H groups in total. The highest BCUT2D eigenvalue weighted by molar-refractivity contribution is 9.10. The molecule has 76 valence electrons. The molecule has 14 heavy (non-hydrogen) atoms. The van der Waals surface area contributed by atoms with Crippen molar-refractivity contribution in [3.63, 3.8) is 0 Å². The largest absolute Gasteiger partial charge is 0.326 e. The number of hydrogen-bond donors (Lipinski definition) is 2. The lowest BCUT2D eigenvalue weighted by molar-refractivity contribution is 0.358. The van der Waals surface area contributed by atoms with Gasteiger partial charge in [0.1, 0.15) is 0 Å². The van der Waals surface area contributed by atoms with Gasteiger partial charge < -0.3 is 11.1 Å². The van der Waals surface area contributed by atoms with Crippen LogP contribution >= 0.6 is 15.9 Å². The molecule has 0 aliphatic carbocycles. The maximum absolute atomic E-state index is 6.08. The predicted molar refractivity (Wildman–Crippen MR) is 62.1 cm³/mol. The molecule has 1 heterocycles. The highest BCUT2D eigenvalue weighted by Crippen LogP contribution is 2.24. The predicted octanol–water partition coefficient (Wildman–Crippen LogP) is 2.20. The van der Waals surface area contributed by atoms with Gasteiger partial charge in [-0.3, -0.25) is 0 Å². The first-order valence-corrected chi connectivity index (χ1v) is 5.81. The standard InChI is InChI=1S/C11H15BrN2/c12-9-4-1-3-8(7-9)11-10(13)5-2-6-14-11/h1,3-4,7,10-11,14H,2,5-6,13H2/t10-,11-/m1/s1. The Morgan fingerprint density at radius 1 is 1.43 bits per heavy atom. The molecule has 1 fully saturated rings. The Kier molecular flexibility index (Phi) is 3.21. The van der Waals surface area contributed by atoms with Crippen LogP contribution in [0.5, 0.6) is 0 Å². The zero-order chi connectivity index (χ0) is 9.97. The van der Waals surface area contributed by atoms with Crippen molar-refractivity contribution in [2.24, 2.45) is 5.73 Å². The van der Waals surface area contributed by atoms with E-state index in [4.69, 9.17) is 5.73 Å². The van der Waals surface area contributed by atoms with Gasteiger partial charge in [0.2, 0.25) is 0 Å². The van der Waals surface area contributed by atoms with Gasteiger partial charge in [-0.05, 0) is 37.1 Å².